The summed E-state index contributed by atoms with van der Waals surface area (Å²) in [6.07, 6.45) is 30.0. The first-order chi connectivity index (χ1) is 63.0. The van der Waals surface area contributed by atoms with Gasteiger partial charge in [-0.2, -0.15) is 0 Å². The van der Waals surface area contributed by atoms with E-state index in [0.29, 0.717) is 165 Å². The molecule has 14 aromatic heterocycles. The summed E-state index contributed by atoms with van der Waals surface area (Å²) in [5.74, 6) is 1.14. The van der Waals surface area contributed by atoms with E-state index in [9.17, 15) is 33.6 Å². The highest BCUT2D eigenvalue weighted by atomic mass is 16.5. The van der Waals surface area contributed by atoms with Gasteiger partial charge < -0.3 is 40.3 Å². The first-order valence-corrected chi connectivity index (χ1v) is 43.1. The molecule has 2 fully saturated rings. The van der Waals surface area contributed by atoms with Crippen molar-refractivity contribution >= 4 is 68.0 Å². The molecule has 1 saturated carbocycles. The van der Waals surface area contributed by atoms with Crippen LogP contribution in [0.3, 0.4) is 0 Å². The topological polar surface area (TPSA) is 395 Å². The Labute approximate surface area is 745 Å². The van der Waals surface area contributed by atoms with Crippen LogP contribution in [0.25, 0.3) is 63.0 Å². The van der Waals surface area contributed by atoms with E-state index in [-0.39, 0.29) is 44.8 Å². The second kappa shape index (κ2) is 41.3. The number of H-pyrrole nitrogens is 7. The fourth-order valence-corrected chi connectivity index (χ4v) is 16.7. The van der Waals surface area contributed by atoms with Crippen LogP contribution >= 0.6 is 0 Å². The lowest BCUT2D eigenvalue weighted by Gasteiger charge is -2.27. The molecule has 7 N–H and O–H groups in total. The molecule has 660 valence electrons. The van der Waals surface area contributed by atoms with Gasteiger partial charge in [-0.3, -0.25) is 33.6 Å². The first kappa shape index (κ1) is 91.6. The molecule has 0 amide bonds. The molecule has 35 nitrogen and oxygen atoms in total. The predicted octanol–water partition coefficient (Wildman–Crippen LogP) is 15.0. The molecule has 1 aliphatic carbocycles. The third-order valence-electron chi connectivity index (χ3n) is 23.7. The van der Waals surface area contributed by atoms with Crippen LogP contribution in [0.4, 0.5) is 34.1 Å². The SMILES string of the molecule is [C-]#[N+]c1c[nH]n2c(=O)c(CC)c(C(C)(C)c3ccccc3)nc12.[C-]#[N+]c1c[nH]n2c(=O)c(CC)c(C(C)c3ccccc3)nc12.[C-]#[N+]c1c[nH]n2c(=O)c(CC)c(CC3CCCCC3)nc12.[C-]#[N+]c1c[nH]n2c(=O)c(CC)c(CC3CCOCC3)nc12.[C-]#[N+]c1c[nH]n2c(=O)c(CC)c(Cc3cc[nH]c(=O)c3)nc12.[C-]#[N+]c1c[nH]n2c(=O)c(CC)c(Cc3cncnc3)nc12. The van der Waals surface area contributed by atoms with Gasteiger partial charge in [-0.15, -0.1) is 0 Å². The van der Waals surface area contributed by atoms with E-state index in [0.717, 1.165) is 95.1 Å². The van der Waals surface area contributed by atoms with Gasteiger partial charge in [0.25, 0.3) is 33.4 Å². The van der Waals surface area contributed by atoms with Crippen molar-refractivity contribution in [3.05, 3.63) is 366 Å². The Morgan fingerprint density at radius 1 is 0.415 bits per heavy atom. The molecule has 0 spiro atoms. The van der Waals surface area contributed by atoms with Crippen LogP contribution in [-0.2, 0) is 74.4 Å². The minimum atomic E-state index is -0.420. The highest BCUT2D eigenvalue weighted by Gasteiger charge is 2.31. The zero-order valence-corrected chi connectivity index (χ0v) is 73.6. The molecule has 2 aliphatic rings. The first-order valence-electron chi connectivity index (χ1n) is 43.1. The Morgan fingerprint density at radius 3 is 1.15 bits per heavy atom. The van der Waals surface area contributed by atoms with Crippen molar-refractivity contribution in [2.24, 2.45) is 11.8 Å². The molecule has 1 unspecified atom stereocenters. The van der Waals surface area contributed by atoms with Gasteiger partial charge in [-0.1, -0.05) is 155 Å². The Balaban J connectivity index is 0.000000133. The van der Waals surface area contributed by atoms with Crippen molar-refractivity contribution < 1.29 is 4.74 Å². The van der Waals surface area contributed by atoms with Gasteiger partial charge in [0.1, 0.15) is 6.33 Å². The lowest BCUT2D eigenvalue weighted by Crippen LogP contribution is -2.30. The molecule has 35 heteroatoms. The maximum Gasteiger partial charge on any atom is 0.274 e. The van der Waals surface area contributed by atoms with Crippen LogP contribution in [-0.4, -0.2) is 116 Å². The highest BCUT2D eigenvalue weighted by molar-refractivity contribution is 5.72. The Morgan fingerprint density at radius 2 is 0.762 bits per heavy atom. The summed E-state index contributed by atoms with van der Waals surface area (Å²) < 4.78 is 13.5. The molecule has 2 aromatic carbocycles. The van der Waals surface area contributed by atoms with Gasteiger partial charge in [0.15, 0.2) is 33.9 Å². The number of rotatable bonds is 18. The summed E-state index contributed by atoms with van der Waals surface area (Å²) in [7, 11) is 0. The quantitative estimate of drug-likeness (QED) is 0.0392. The zero-order valence-electron chi connectivity index (χ0n) is 73.6. The van der Waals surface area contributed by atoms with E-state index < -0.39 is 5.41 Å². The van der Waals surface area contributed by atoms with Crippen molar-refractivity contribution in [3.8, 4) is 0 Å². The third kappa shape index (κ3) is 19.2. The molecular weight excluding hydrogens is 1650 g/mol. The summed E-state index contributed by atoms with van der Waals surface area (Å²) in [6.45, 7) is 62.5. The number of fused-ring (bicyclic) bond motifs is 6. The minimum Gasteiger partial charge on any atom is -0.381 e. The summed E-state index contributed by atoms with van der Waals surface area (Å²) in [5, 5.41) is 16.8. The molecule has 1 atom stereocenters. The lowest BCUT2D eigenvalue weighted by molar-refractivity contribution is 0.0662. The predicted molar refractivity (Wildman–Crippen MR) is 493 cm³/mol. The monoisotopic (exact) mass is 1740 g/mol. The average molecular weight is 1750 g/mol. The Kier molecular flexibility index (Phi) is 29.1. The second-order valence-electron chi connectivity index (χ2n) is 31.8. The largest absolute Gasteiger partial charge is 0.381 e. The van der Waals surface area contributed by atoms with Crippen molar-refractivity contribution in [3.63, 3.8) is 0 Å². The fraction of sp³-hybridized carbons (Fsp3) is 0.337. The standard InChI is InChI=1S/C18H18N4O.C17H16N4O.C16H20N4O.C15H13N5O2.C15H18N4O2.C14H12N6O/c1-5-13-15(18(2,3)12-9-7-6-8-10-12)21-16-14(19-4)11-20-22(16)17(13)23;1-4-13-15(11(2)12-8-6-5-7-9-12)20-16-14(18-3)10-19-21(16)17(13)22;1-3-12-13(9-11-7-5-4-6-8-11)19-15-14(17-2)10-18-20(15)16(12)21;1-3-10-11(6-9-4-5-17-13(21)7-9)19-14-12(16-2)8-18-20(14)15(10)22;1-3-11-12(8-10-4-6-21-7-5-10)18-14-13(16-2)9-17-19(14)15(11)20;1-3-10-11(4-9-5-16-8-17-6-9)19-13-12(15-2)7-18-20(13)14(10)21/h6-11,20H,5H2,1-3H3;5-11,19H,4H2,1-2H3;10-11,18H,3-9H2,1H3;4-5,7-8,18H,3,6H2,1H3,(H,17,21);9-10,17H,3-8H2,1H3;5-8,18H,3-4H2,1H3. The van der Waals surface area contributed by atoms with Gasteiger partial charge in [0.2, 0.25) is 39.7 Å². The van der Waals surface area contributed by atoms with Gasteiger partial charge in [-0.25, -0.2) is 96.0 Å². The van der Waals surface area contributed by atoms with E-state index in [1.54, 1.807) is 30.9 Å². The minimum absolute atomic E-state index is 0.00216. The number of hydrogen-bond acceptors (Lipinski definition) is 16. The van der Waals surface area contributed by atoms with E-state index >= 15 is 0 Å². The molecule has 18 rings (SSSR count). The number of ether oxygens (including phenoxy) is 1. The lowest BCUT2D eigenvalue weighted by atomic mass is 9.79. The van der Waals surface area contributed by atoms with Crippen molar-refractivity contribution in [1.29, 1.82) is 0 Å². The number of nitrogens with one attached hydrogen (secondary N) is 7. The van der Waals surface area contributed by atoms with Crippen LogP contribution < -0.4 is 38.9 Å². The van der Waals surface area contributed by atoms with Gasteiger partial charge in [0, 0.05) is 133 Å². The molecule has 1 saturated heterocycles. The number of nitrogens with zero attached hydrogens (tertiary/aromatic N) is 20. The third-order valence-corrected chi connectivity index (χ3v) is 23.7. The summed E-state index contributed by atoms with van der Waals surface area (Å²) in [5.41, 5.74) is 15.6. The Bertz CT molecular complexity index is 7430. The van der Waals surface area contributed by atoms with Crippen molar-refractivity contribution in [2.75, 3.05) is 13.2 Å². The summed E-state index contributed by atoms with van der Waals surface area (Å²) in [6, 6.07) is 23.2. The molecule has 0 bridgehead atoms. The summed E-state index contributed by atoms with van der Waals surface area (Å²) >= 11 is 0. The molecule has 0 radical (unpaired) electrons. The van der Waals surface area contributed by atoms with Crippen LogP contribution in [0.5, 0.6) is 0 Å². The van der Waals surface area contributed by atoms with Gasteiger partial charge in [-0.05, 0) is 104 Å². The second-order valence-corrected chi connectivity index (χ2v) is 31.8. The number of hydrogen-bond donors (Lipinski definition) is 7. The van der Waals surface area contributed by atoms with E-state index in [1.807, 2.05) is 109 Å². The van der Waals surface area contributed by atoms with Crippen LogP contribution in [0.2, 0.25) is 0 Å². The van der Waals surface area contributed by atoms with Crippen LogP contribution in [0.1, 0.15) is 203 Å². The summed E-state index contributed by atoms with van der Waals surface area (Å²) in [4.78, 5) is 145. The van der Waals surface area contributed by atoms with Crippen molar-refractivity contribution in [2.45, 2.75) is 183 Å². The molecule has 16 aromatic rings. The fourth-order valence-electron chi connectivity index (χ4n) is 16.7. The van der Waals surface area contributed by atoms with E-state index in [1.165, 1.54) is 103 Å². The number of benzene rings is 2. The Hall–Kier alpha value is -16.1. The maximum absolute atomic E-state index is 12.8. The molecular formula is C95H97N27O8. The van der Waals surface area contributed by atoms with E-state index in [2.05, 4.69) is 113 Å². The smallest absolute Gasteiger partial charge is 0.274 e. The van der Waals surface area contributed by atoms with Gasteiger partial charge in [0.05, 0.1) is 73.6 Å². The molecule has 130 heavy (non-hydrogen) atoms. The molecule has 15 heterocycles. The van der Waals surface area contributed by atoms with Crippen molar-refractivity contribution in [1.82, 2.24) is 103 Å². The van der Waals surface area contributed by atoms with Gasteiger partial charge >= 0.3 is 0 Å². The van der Waals surface area contributed by atoms with Crippen LogP contribution in [0.15, 0.2) is 168 Å². The molecule has 1 aliphatic heterocycles. The maximum atomic E-state index is 12.8. The highest BCUT2D eigenvalue weighted by Crippen LogP contribution is 2.35. The average Bonchev–Trinajstić information content (AvgIpc) is 1.48. The van der Waals surface area contributed by atoms with Crippen LogP contribution in [0, 0.1) is 51.3 Å². The number of aromatic amines is 7. The number of pyridine rings is 1. The normalized spacial score (nSPS) is 12.9. The zero-order chi connectivity index (χ0) is 92.5. The number of aromatic nitrogens is 21. The van der Waals surface area contributed by atoms with E-state index in [4.69, 9.17) is 49.2 Å².